The lowest BCUT2D eigenvalue weighted by Gasteiger charge is -2.22. The van der Waals surface area contributed by atoms with Crippen LogP contribution in [0.2, 0.25) is 5.15 Å². The number of aryl methyl sites for hydroxylation is 2. The number of fused-ring (bicyclic) bond motifs is 1. The molecular formula is C16H22ClN5. The molecule has 1 N–H and O–H groups in total. The van der Waals surface area contributed by atoms with Gasteiger partial charge in [-0.3, -0.25) is 4.90 Å². The number of nitrogens with one attached hydrogen (secondary N) is 1. The number of hydrogen-bond donors (Lipinski definition) is 1. The van der Waals surface area contributed by atoms with Gasteiger partial charge in [-0.2, -0.15) is 0 Å². The Labute approximate surface area is 135 Å². The second kappa shape index (κ2) is 5.70. The van der Waals surface area contributed by atoms with Crippen molar-refractivity contribution in [1.29, 1.82) is 0 Å². The van der Waals surface area contributed by atoms with Crippen molar-refractivity contribution in [2.75, 3.05) is 6.54 Å². The van der Waals surface area contributed by atoms with E-state index >= 15 is 0 Å². The number of hydrogen-bond acceptors (Lipinski definition) is 3. The van der Waals surface area contributed by atoms with Crippen LogP contribution >= 0.6 is 11.6 Å². The molecular weight excluding hydrogens is 298 g/mol. The number of aromatic amines is 1. The first kappa shape index (κ1) is 14.3. The van der Waals surface area contributed by atoms with Gasteiger partial charge >= 0.3 is 0 Å². The summed E-state index contributed by atoms with van der Waals surface area (Å²) in [5.41, 5.74) is 2.67. The largest absolute Gasteiger partial charge is 0.344 e. The van der Waals surface area contributed by atoms with E-state index < -0.39 is 0 Å². The van der Waals surface area contributed by atoms with Crippen LogP contribution in [0, 0.1) is 0 Å². The van der Waals surface area contributed by atoms with E-state index in [4.69, 9.17) is 16.6 Å². The Morgan fingerprint density at radius 1 is 1.32 bits per heavy atom. The molecule has 2 aromatic rings. The Morgan fingerprint density at radius 2 is 2.18 bits per heavy atom. The first-order chi connectivity index (χ1) is 10.7. The number of nitrogens with zero attached hydrogens (tertiary/aromatic N) is 4. The third-order valence-corrected chi connectivity index (χ3v) is 5.38. The van der Waals surface area contributed by atoms with E-state index in [0.29, 0.717) is 11.2 Å². The number of H-pyrrole nitrogens is 1. The molecule has 118 valence electrons. The van der Waals surface area contributed by atoms with Crippen molar-refractivity contribution in [1.82, 2.24) is 24.4 Å². The molecule has 1 saturated heterocycles. The first-order valence-electron chi connectivity index (χ1n) is 8.20. The van der Waals surface area contributed by atoms with Gasteiger partial charge in [0.15, 0.2) is 0 Å². The van der Waals surface area contributed by atoms with Crippen LogP contribution in [-0.4, -0.2) is 31.0 Å². The summed E-state index contributed by atoms with van der Waals surface area (Å²) >= 11 is 6.10. The number of rotatable bonds is 3. The molecule has 0 bridgehead atoms. The van der Waals surface area contributed by atoms with E-state index in [2.05, 4.69) is 14.9 Å². The van der Waals surface area contributed by atoms with E-state index in [1.807, 2.05) is 11.6 Å². The maximum Gasteiger partial charge on any atom is 0.128 e. The lowest BCUT2D eigenvalue weighted by molar-refractivity contribution is 0.232. The minimum atomic E-state index is 0.390. The highest BCUT2D eigenvalue weighted by Crippen LogP contribution is 2.33. The molecule has 1 aliphatic carbocycles. The molecule has 22 heavy (non-hydrogen) atoms. The minimum Gasteiger partial charge on any atom is -0.344 e. The number of aromatic nitrogens is 4. The van der Waals surface area contributed by atoms with E-state index in [9.17, 15) is 0 Å². The van der Waals surface area contributed by atoms with Gasteiger partial charge in [-0.05, 0) is 45.1 Å². The lowest BCUT2D eigenvalue weighted by atomic mass is 10.0. The predicted octanol–water partition coefficient (Wildman–Crippen LogP) is 3.01. The van der Waals surface area contributed by atoms with Crippen molar-refractivity contribution in [2.24, 2.45) is 7.05 Å². The average molecular weight is 320 g/mol. The van der Waals surface area contributed by atoms with Crippen LogP contribution in [-0.2, 0) is 26.4 Å². The highest BCUT2D eigenvalue weighted by atomic mass is 35.5. The lowest BCUT2D eigenvalue weighted by Crippen LogP contribution is -2.25. The molecule has 0 unspecified atom stereocenters. The summed E-state index contributed by atoms with van der Waals surface area (Å²) in [7, 11) is 1.97. The predicted molar refractivity (Wildman–Crippen MR) is 85.8 cm³/mol. The fourth-order valence-corrected chi connectivity index (χ4v) is 3.86. The summed E-state index contributed by atoms with van der Waals surface area (Å²) < 4.78 is 1.96. The zero-order valence-electron chi connectivity index (χ0n) is 13.0. The first-order valence-corrected chi connectivity index (χ1v) is 8.58. The summed E-state index contributed by atoms with van der Waals surface area (Å²) in [5.74, 6) is 2.18. The van der Waals surface area contributed by atoms with E-state index in [1.54, 1.807) is 6.20 Å². The molecule has 1 atom stereocenters. The van der Waals surface area contributed by atoms with Crippen molar-refractivity contribution in [3.05, 3.63) is 34.4 Å². The highest BCUT2D eigenvalue weighted by Gasteiger charge is 2.30. The van der Waals surface area contributed by atoms with Crippen LogP contribution in [0.1, 0.15) is 54.8 Å². The molecule has 4 rings (SSSR count). The second-order valence-electron chi connectivity index (χ2n) is 6.44. The quantitative estimate of drug-likeness (QED) is 0.946. The summed E-state index contributed by atoms with van der Waals surface area (Å²) in [6, 6.07) is 0.390. The third kappa shape index (κ3) is 2.46. The van der Waals surface area contributed by atoms with Gasteiger partial charge in [0.1, 0.15) is 16.8 Å². The molecule has 0 aromatic carbocycles. The third-order valence-electron chi connectivity index (χ3n) is 5.02. The highest BCUT2D eigenvalue weighted by molar-refractivity contribution is 6.29. The molecule has 1 fully saturated rings. The summed E-state index contributed by atoms with van der Waals surface area (Å²) in [5, 5.41) is 0.694. The topological polar surface area (TPSA) is 49.7 Å². The molecule has 1 aliphatic heterocycles. The van der Waals surface area contributed by atoms with Crippen LogP contribution in [0.25, 0.3) is 0 Å². The van der Waals surface area contributed by atoms with Crippen LogP contribution in [0.5, 0.6) is 0 Å². The Bertz CT molecular complexity index is 651. The summed E-state index contributed by atoms with van der Waals surface area (Å²) in [6.45, 7) is 1.93. The van der Waals surface area contributed by atoms with Gasteiger partial charge in [-0.15, -0.1) is 0 Å². The van der Waals surface area contributed by atoms with Crippen molar-refractivity contribution >= 4 is 11.6 Å². The van der Waals surface area contributed by atoms with Gasteiger partial charge < -0.3 is 9.55 Å². The zero-order valence-corrected chi connectivity index (χ0v) is 13.7. The monoisotopic (exact) mass is 319 g/mol. The maximum atomic E-state index is 6.10. The molecule has 0 amide bonds. The molecule has 0 spiro atoms. The van der Waals surface area contributed by atoms with Gasteiger partial charge in [-0.1, -0.05) is 11.6 Å². The fraction of sp³-hybridized carbons (Fsp3) is 0.625. The molecule has 2 aliphatic rings. The summed E-state index contributed by atoms with van der Waals surface area (Å²) in [6.07, 6.45) is 8.97. The smallest absolute Gasteiger partial charge is 0.128 e. The minimum absolute atomic E-state index is 0.390. The summed E-state index contributed by atoms with van der Waals surface area (Å²) in [4.78, 5) is 15.4. The van der Waals surface area contributed by atoms with Crippen molar-refractivity contribution in [3.8, 4) is 0 Å². The normalized spacial score (nSPS) is 22.2. The standard InChI is InChI=1S/C16H22ClN5/c1-21-14(17)9-18-15(21)10-22-8-4-7-13(22)16-19-11-5-2-3-6-12(11)20-16/h9,13H,2-8,10H2,1H3,(H,19,20)/t13-/m0/s1. The Balaban J connectivity index is 1.55. The van der Waals surface area contributed by atoms with Gasteiger partial charge in [0.2, 0.25) is 0 Å². The number of likely N-dealkylation sites (tertiary alicyclic amines) is 1. The molecule has 0 radical (unpaired) electrons. The molecule has 0 saturated carbocycles. The molecule has 3 heterocycles. The van der Waals surface area contributed by atoms with Gasteiger partial charge in [-0.25, -0.2) is 9.97 Å². The van der Waals surface area contributed by atoms with Crippen molar-refractivity contribution in [2.45, 2.75) is 51.1 Å². The Morgan fingerprint density at radius 3 is 2.95 bits per heavy atom. The Kier molecular flexibility index (Phi) is 3.70. The van der Waals surface area contributed by atoms with Gasteiger partial charge in [0.25, 0.3) is 0 Å². The number of imidazole rings is 2. The van der Waals surface area contributed by atoms with Crippen LogP contribution in [0.15, 0.2) is 6.20 Å². The maximum absolute atomic E-state index is 6.10. The Hall–Kier alpha value is -1.33. The molecule has 5 nitrogen and oxygen atoms in total. The molecule has 2 aromatic heterocycles. The zero-order chi connectivity index (χ0) is 15.1. The van der Waals surface area contributed by atoms with Gasteiger partial charge in [0.05, 0.1) is 24.5 Å². The van der Waals surface area contributed by atoms with Crippen LogP contribution in [0.4, 0.5) is 0 Å². The average Bonchev–Trinajstić information content (AvgIpc) is 3.22. The van der Waals surface area contributed by atoms with Gasteiger partial charge in [0, 0.05) is 12.7 Å². The second-order valence-corrected chi connectivity index (χ2v) is 6.83. The fourth-order valence-electron chi connectivity index (χ4n) is 3.71. The van der Waals surface area contributed by atoms with Crippen molar-refractivity contribution in [3.63, 3.8) is 0 Å². The van der Waals surface area contributed by atoms with E-state index in [-0.39, 0.29) is 0 Å². The van der Waals surface area contributed by atoms with Crippen LogP contribution in [0.3, 0.4) is 0 Å². The SMILES string of the molecule is Cn1c(Cl)cnc1CN1CCC[C@H]1c1nc2c([nH]1)CCCC2. The van der Waals surface area contributed by atoms with Crippen LogP contribution < -0.4 is 0 Å². The number of halogens is 1. The van der Waals surface area contributed by atoms with E-state index in [0.717, 1.165) is 37.6 Å². The molecule has 6 heteroatoms. The van der Waals surface area contributed by atoms with E-state index in [1.165, 1.54) is 37.1 Å². The van der Waals surface area contributed by atoms with Crippen molar-refractivity contribution < 1.29 is 0 Å².